The van der Waals surface area contributed by atoms with Crippen LogP contribution >= 0.6 is 0 Å². The SMILES string of the molecule is CCCCCC/C=C\COC(=O)CCCCCCCC(=O)OC(CCCCCCCC)CCCCCCCC.CCCCCCCCC(CCCC)OC(=O)CCCN. The molecule has 0 aromatic carbocycles. The van der Waals surface area contributed by atoms with Crippen LogP contribution < -0.4 is 5.73 Å². The third-order valence-corrected chi connectivity index (χ3v) is 11.2. The van der Waals surface area contributed by atoms with Gasteiger partial charge in [-0.05, 0) is 83.6 Å². The first-order valence-electron chi connectivity index (χ1n) is 25.8. The zero-order chi connectivity index (χ0) is 43.7. The molecule has 7 nitrogen and oxygen atoms in total. The minimum Gasteiger partial charge on any atom is -0.462 e. The number of allylic oxidation sites excluding steroid dienone is 1. The van der Waals surface area contributed by atoms with Crippen LogP contribution in [-0.2, 0) is 28.6 Å². The number of unbranched alkanes of at least 4 members (excludes halogenated alkanes) is 24. The molecule has 0 aromatic heterocycles. The van der Waals surface area contributed by atoms with Gasteiger partial charge in [-0.25, -0.2) is 0 Å². The van der Waals surface area contributed by atoms with Gasteiger partial charge in [-0.15, -0.1) is 0 Å². The van der Waals surface area contributed by atoms with Gasteiger partial charge < -0.3 is 19.9 Å². The molecule has 0 rings (SSSR count). The molecule has 0 radical (unpaired) electrons. The van der Waals surface area contributed by atoms with Crippen molar-refractivity contribution in [2.75, 3.05) is 13.2 Å². The van der Waals surface area contributed by atoms with Gasteiger partial charge in [0.1, 0.15) is 18.8 Å². The highest BCUT2D eigenvalue weighted by molar-refractivity contribution is 5.70. The first-order valence-corrected chi connectivity index (χ1v) is 25.8. The highest BCUT2D eigenvalue weighted by Crippen LogP contribution is 2.19. The monoisotopic (exact) mass is 836 g/mol. The molecule has 0 amide bonds. The second-order valence-electron chi connectivity index (χ2n) is 17.2. The van der Waals surface area contributed by atoms with Crippen LogP contribution in [0.1, 0.15) is 279 Å². The average molecular weight is 836 g/mol. The Morgan fingerprint density at radius 3 is 1.15 bits per heavy atom. The normalized spacial score (nSPS) is 11.8. The van der Waals surface area contributed by atoms with Crippen LogP contribution in [0.5, 0.6) is 0 Å². The maximum absolute atomic E-state index is 12.5. The van der Waals surface area contributed by atoms with E-state index in [0.29, 0.717) is 32.4 Å². The number of carbonyl (C=O) groups is 3. The Labute approximate surface area is 367 Å². The minimum absolute atomic E-state index is 0.0148. The molecule has 59 heavy (non-hydrogen) atoms. The molecule has 0 heterocycles. The lowest BCUT2D eigenvalue weighted by Crippen LogP contribution is -2.19. The number of rotatable bonds is 44. The Hall–Kier alpha value is -1.89. The Kier molecular flexibility index (Phi) is 50.6. The van der Waals surface area contributed by atoms with Gasteiger partial charge in [0.25, 0.3) is 0 Å². The summed E-state index contributed by atoms with van der Waals surface area (Å²) in [5.41, 5.74) is 5.42. The van der Waals surface area contributed by atoms with Crippen LogP contribution in [0.15, 0.2) is 12.2 Å². The van der Waals surface area contributed by atoms with Gasteiger partial charge in [0.2, 0.25) is 0 Å². The van der Waals surface area contributed by atoms with Crippen LogP contribution in [-0.4, -0.2) is 43.3 Å². The van der Waals surface area contributed by atoms with Gasteiger partial charge in [-0.3, -0.25) is 14.4 Å². The number of nitrogens with two attached hydrogens (primary N) is 1. The lowest BCUT2D eigenvalue weighted by Gasteiger charge is -2.18. The van der Waals surface area contributed by atoms with E-state index in [1.807, 2.05) is 6.08 Å². The van der Waals surface area contributed by atoms with E-state index in [1.54, 1.807) is 0 Å². The third kappa shape index (κ3) is 48.7. The molecule has 0 saturated carbocycles. The maximum atomic E-state index is 12.5. The molecule has 7 heteroatoms. The van der Waals surface area contributed by atoms with E-state index in [-0.39, 0.29) is 30.1 Å². The first kappa shape index (κ1) is 59.2. The van der Waals surface area contributed by atoms with E-state index in [9.17, 15) is 14.4 Å². The van der Waals surface area contributed by atoms with Crippen LogP contribution in [0, 0.1) is 0 Å². The van der Waals surface area contributed by atoms with E-state index in [0.717, 1.165) is 83.5 Å². The lowest BCUT2D eigenvalue weighted by molar-refractivity contribution is -0.151. The number of ether oxygens (including phenoxy) is 3. The Morgan fingerprint density at radius 2 is 0.729 bits per heavy atom. The number of hydrogen-bond donors (Lipinski definition) is 1. The molecule has 0 spiro atoms. The Morgan fingerprint density at radius 1 is 0.390 bits per heavy atom. The summed E-state index contributed by atoms with van der Waals surface area (Å²) in [6.07, 6.45) is 47.0. The molecule has 350 valence electrons. The third-order valence-electron chi connectivity index (χ3n) is 11.2. The fourth-order valence-corrected chi connectivity index (χ4v) is 7.31. The predicted molar refractivity (Wildman–Crippen MR) is 253 cm³/mol. The van der Waals surface area contributed by atoms with Gasteiger partial charge in [0.05, 0.1) is 0 Å². The number of esters is 3. The number of hydrogen-bond acceptors (Lipinski definition) is 7. The molecule has 0 aromatic rings. The van der Waals surface area contributed by atoms with E-state index >= 15 is 0 Å². The molecular weight excluding hydrogens is 735 g/mol. The molecule has 2 N–H and O–H groups in total. The van der Waals surface area contributed by atoms with Crippen molar-refractivity contribution in [2.24, 2.45) is 5.73 Å². The summed E-state index contributed by atoms with van der Waals surface area (Å²) in [7, 11) is 0. The molecule has 0 aliphatic carbocycles. The minimum atomic E-state index is -0.101. The molecular formula is C52H101NO6. The van der Waals surface area contributed by atoms with E-state index in [4.69, 9.17) is 19.9 Å². The lowest BCUT2D eigenvalue weighted by atomic mass is 10.0. The van der Waals surface area contributed by atoms with Crippen molar-refractivity contribution in [3.05, 3.63) is 12.2 Å². The van der Waals surface area contributed by atoms with E-state index < -0.39 is 0 Å². The maximum Gasteiger partial charge on any atom is 0.306 e. The fraction of sp³-hybridized carbons (Fsp3) is 0.904. The molecule has 0 fully saturated rings. The van der Waals surface area contributed by atoms with Crippen LogP contribution in [0.25, 0.3) is 0 Å². The predicted octanol–water partition coefficient (Wildman–Crippen LogP) is 15.8. The van der Waals surface area contributed by atoms with Gasteiger partial charge in [0.15, 0.2) is 0 Å². The number of carbonyl (C=O) groups excluding carboxylic acids is 3. The standard InChI is InChI=1S/C35H66O4.C17H35NO2/c1-4-7-10-13-16-22-27-32-38-34(36)30-25-20-17-21-26-31-35(37)39-33(28-23-18-14-11-8-5-2)29-24-19-15-12-9-6-3;1-3-5-7-8-9-10-13-16(12-6-4-2)20-17(19)14-11-15-18/h22,27,33H,4-21,23-26,28-32H2,1-3H3;16H,3-15,18H2,1-2H3/b27-22-;. The summed E-state index contributed by atoms with van der Waals surface area (Å²) in [5.74, 6) is -0.183. The summed E-state index contributed by atoms with van der Waals surface area (Å²) >= 11 is 0. The van der Waals surface area contributed by atoms with Gasteiger partial charge in [-0.2, -0.15) is 0 Å². The Balaban J connectivity index is 0. The molecule has 0 saturated heterocycles. The first-order chi connectivity index (χ1) is 28.9. The summed E-state index contributed by atoms with van der Waals surface area (Å²) < 4.78 is 16.8. The van der Waals surface area contributed by atoms with Crippen LogP contribution in [0.4, 0.5) is 0 Å². The largest absolute Gasteiger partial charge is 0.462 e. The van der Waals surface area contributed by atoms with E-state index in [1.165, 1.54) is 141 Å². The zero-order valence-electron chi connectivity index (χ0n) is 40.1. The zero-order valence-corrected chi connectivity index (χ0v) is 40.1. The quantitative estimate of drug-likeness (QED) is 0.0282. The molecule has 1 atom stereocenters. The van der Waals surface area contributed by atoms with Crippen molar-refractivity contribution in [3.8, 4) is 0 Å². The second kappa shape index (κ2) is 50.5. The van der Waals surface area contributed by atoms with Gasteiger partial charge in [0, 0.05) is 19.3 Å². The van der Waals surface area contributed by atoms with Crippen molar-refractivity contribution in [2.45, 2.75) is 291 Å². The highest BCUT2D eigenvalue weighted by atomic mass is 16.5. The van der Waals surface area contributed by atoms with Gasteiger partial charge >= 0.3 is 17.9 Å². The summed E-state index contributed by atoms with van der Waals surface area (Å²) in [4.78, 5) is 36.0. The second-order valence-corrected chi connectivity index (χ2v) is 17.2. The summed E-state index contributed by atoms with van der Waals surface area (Å²) in [5, 5.41) is 0. The van der Waals surface area contributed by atoms with Gasteiger partial charge in [-0.1, -0.05) is 194 Å². The molecule has 1 unspecified atom stereocenters. The molecule has 0 aliphatic rings. The van der Waals surface area contributed by atoms with Crippen molar-refractivity contribution in [1.29, 1.82) is 0 Å². The van der Waals surface area contributed by atoms with Crippen molar-refractivity contribution >= 4 is 17.9 Å². The van der Waals surface area contributed by atoms with Crippen LogP contribution in [0.3, 0.4) is 0 Å². The van der Waals surface area contributed by atoms with Crippen LogP contribution in [0.2, 0.25) is 0 Å². The fourth-order valence-electron chi connectivity index (χ4n) is 7.31. The topological polar surface area (TPSA) is 105 Å². The summed E-state index contributed by atoms with van der Waals surface area (Å²) in [6.45, 7) is 12.1. The highest BCUT2D eigenvalue weighted by Gasteiger charge is 2.15. The average Bonchev–Trinajstić information content (AvgIpc) is 3.23. The summed E-state index contributed by atoms with van der Waals surface area (Å²) in [6, 6.07) is 0. The molecule has 0 aliphatic heterocycles. The van der Waals surface area contributed by atoms with Crippen molar-refractivity contribution in [3.63, 3.8) is 0 Å². The van der Waals surface area contributed by atoms with Crippen molar-refractivity contribution < 1.29 is 28.6 Å². The van der Waals surface area contributed by atoms with Crippen molar-refractivity contribution in [1.82, 2.24) is 0 Å². The smallest absolute Gasteiger partial charge is 0.306 e. The molecule has 0 bridgehead atoms. The van der Waals surface area contributed by atoms with E-state index in [2.05, 4.69) is 40.7 Å². The Bertz CT molecular complexity index is 892.